The molecule has 0 bridgehead atoms. The molecule has 0 spiro atoms. The number of hydrogen-bond donors (Lipinski definition) is 0. The molecule has 2 aromatic carbocycles. The van der Waals surface area contributed by atoms with Gasteiger partial charge in [0.1, 0.15) is 0 Å². The Morgan fingerprint density at radius 2 is 1.48 bits per heavy atom. The molecule has 0 aliphatic rings. The third kappa shape index (κ3) is 4.78. The summed E-state index contributed by atoms with van der Waals surface area (Å²) in [6.45, 7) is 0.0808. The van der Waals surface area contributed by atoms with Crippen LogP contribution in [0.2, 0.25) is 5.02 Å². The van der Waals surface area contributed by atoms with Gasteiger partial charge in [-0.1, -0.05) is 35.9 Å². The second kappa shape index (κ2) is 7.00. The molecule has 0 radical (unpaired) electrons. The molecule has 0 fully saturated rings. The molecule has 124 valence electrons. The van der Waals surface area contributed by atoms with Gasteiger partial charge >= 0.3 is 0 Å². The van der Waals surface area contributed by atoms with E-state index in [1.54, 1.807) is 24.3 Å². The number of halogens is 1. The molecule has 0 unspecified atom stereocenters. The summed E-state index contributed by atoms with van der Waals surface area (Å²) in [5.41, 5.74) is 0.765. The molecule has 0 amide bonds. The topological polar surface area (TPSA) is 77.5 Å². The minimum Gasteiger partial charge on any atom is -0.360 e. The van der Waals surface area contributed by atoms with E-state index in [1.807, 2.05) is 0 Å². The Morgan fingerprint density at radius 3 is 2.04 bits per heavy atom. The second-order valence-electron chi connectivity index (χ2n) is 4.93. The molecule has 0 saturated heterocycles. The van der Waals surface area contributed by atoms with E-state index in [0.717, 1.165) is 11.8 Å². The zero-order valence-electron chi connectivity index (χ0n) is 12.3. The molecule has 23 heavy (non-hydrogen) atoms. The van der Waals surface area contributed by atoms with E-state index in [9.17, 15) is 16.8 Å². The van der Waals surface area contributed by atoms with Gasteiger partial charge in [-0.2, -0.15) is 0 Å². The average molecular weight is 375 g/mol. The minimum atomic E-state index is -3.88. The fourth-order valence-electron chi connectivity index (χ4n) is 1.93. The van der Waals surface area contributed by atoms with Crippen LogP contribution in [0.15, 0.2) is 58.3 Å². The van der Waals surface area contributed by atoms with Crippen LogP contribution in [0.25, 0.3) is 0 Å². The highest BCUT2D eigenvalue weighted by Gasteiger charge is 2.23. The molecule has 0 N–H and O–H groups in total. The van der Waals surface area contributed by atoms with Crippen molar-refractivity contribution in [1.82, 2.24) is 0 Å². The van der Waals surface area contributed by atoms with Crippen LogP contribution in [0.1, 0.15) is 5.56 Å². The van der Waals surface area contributed by atoms with Crippen LogP contribution in [-0.4, -0.2) is 29.0 Å². The Hall–Kier alpha value is -1.41. The fourth-order valence-corrected chi connectivity index (χ4v) is 4.74. The summed E-state index contributed by atoms with van der Waals surface area (Å²) >= 11 is 5.76. The third-order valence-electron chi connectivity index (χ3n) is 3.00. The number of ether oxygens (including phenoxy) is 1. The maximum atomic E-state index is 12.3. The van der Waals surface area contributed by atoms with Crippen molar-refractivity contribution in [3.05, 3.63) is 59.1 Å². The van der Waals surface area contributed by atoms with Crippen LogP contribution in [0.5, 0.6) is 0 Å². The molecule has 0 saturated carbocycles. The normalized spacial score (nSPS) is 12.3. The molecular formula is C15H15ClO5S2. The van der Waals surface area contributed by atoms with Crippen molar-refractivity contribution in [2.45, 2.75) is 16.4 Å². The minimum absolute atomic E-state index is 0.0808. The highest BCUT2D eigenvalue weighted by Crippen LogP contribution is 2.22. The first-order chi connectivity index (χ1) is 10.7. The fraction of sp³-hybridized carbons (Fsp3) is 0.200. The summed E-state index contributed by atoms with van der Waals surface area (Å²) in [5, 5.41) is 0.573. The van der Waals surface area contributed by atoms with Crippen molar-refractivity contribution < 1.29 is 21.6 Å². The number of rotatable bonds is 6. The van der Waals surface area contributed by atoms with Gasteiger partial charge in [0.05, 0.1) is 16.4 Å². The van der Waals surface area contributed by atoms with Gasteiger partial charge in [-0.05, 0) is 29.8 Å². The van der Waals surface area contributed by atoms with E-state index >= 15 is 0 Å². The number of sulfone groups is 2. The van der Waals surface area contributed by atoms with E-state index in [4.69, 9.17) is 16.3 Å². The molecule has 8 heteroatoms. The summed E-state index contributed by atoms with van der Waals surface area (Å²) in [7, 11) is -7.53. The zero-order valence-corrected chi connectivity index (χ0v) is 14.7. The molecule has 2 aromatic rings. The predicted molar refractivity (Wildman–Crippen MR) is 87.8 cm³/mol. The molecular weight excluding hydrogens is 360 g/mol. The second-order valence-corrected chi connectivity index (χ2v) is 9.25. The van der Waals surface area contributed by atoms with E-state index in [1.165, 1.54) is 24.3 Å². The summed E-state index contributed by atoms with van der Waals surface area (Å²) < 4.78 is 53.3. The summed E-state index contributed by atoms with van der Waals surface area (Å²) in [6.07, 6.45) is 0.968. The van der Waals surface area contributed by atoms with E-state index < -0.39 is 25.6 Å². The first-order valence-corrected chi connectivity index (χ1v) is 10.5. The highest BCUT2D eigenvalue weighted by atomic mass is 35.5. The molecule has 0 aromatic heterocycles. The van der Waals surface area contributed by atoms with Crippen molar-refractivity contribution in [1.29, 1.82) is 0 Å². The standard InChI is InChI=1S/C15H15ClO5S2/c1-22(17,18)14-4-2-3-5-15(14)23(19,20)11-21-10-12-6-8-13(16)9-7-12/h2-9H,10-11H2,1H3. The Bertz CT molecular complexity index is 888. The smallest absolute Gasteiger partial charge is 0.203 e. The molecule has 5 nitrogen and oxygen atoms in total. The Balaban J connectivity index is 2.15. The number of benzene rings is 2. The lowest BCUT2D eigenvalue weighted by molar-refractivity contribution is 0.163. The van der Waals surface area contributed by atoms with Crippen LogP contribution >= 0.6 is 11.6 Å². The van der Waals surface area contributed by atoms with Gasteiger partial charge in [-0.3, -0.25) is 0 Å². The first kappa shape index (κ1) is 17.9. The molecule has 2 rings (SSSR count). The largest absolute Gasteiger partial charge is 0.360 e. The van der Waals surface area contributed by atoms with Gasteiger partial charge in [-0.25, -0.2) is 16.8 Å². The van der Waals surface area contributed by atoms with E-state index in [-0.39, 0.29) is 16.4 Å². The maximum Gasteiger partial charge on any atom is 0.203 e. The van der Waals surface area contributed by atoms with Crippen LogP contribution in [0, 0.1) is 0 Å². The van der Waals surface area contributed by atoms with Gasteiger partial charge < -0.3 is 4.74 Å². The van der Waals surface area contributed by atoms with E-state index in [2.05, 4.69) is 0 Å². The Kier molecular flexibility index (Phi) is 5.46. The van der Waals surface area contributed by atoms with Crippen molar-refractivity contribution in [3.63, 3.8) is 0 Å². The lowest BCUT2D eigenvalue weighted by Crippen LogP contribution is -2.14. The summed E-state index contributed by atoms with van der Waals surface area (Å²) in [5.74, 6) is -0.609. The molecule has 0 heterocycles. The molecule has 0 aliphatic carbocycles. The quantitative estimate of drug-likeness (QED) is 0.776. The van der Waals surface area contributed by atoms with Crippen molar-refractivity contribution in [2.24, 2.45) is 0 Å². The van der Waals surface area contributed by atoms with Crippen LogP contribution in [0.3, 0.4) is 0 Å². The maximum absolute atomic E-state index is 12.3. The summed E-state index contributed by atoms with van der Waals surface area (Å²) in [6, 6.07) is 12.3. The Morgan fingerprint density at radius 1 is 0.913 bits per heavy atom. The van der Waals surface area contributed by atoms with Gasteiger partial charge in [0.15, 0.2) is 15.8 Å². The van der Waals surface area contributed by atoms with Crippen LogP contribution < -0.4 is 0 Å². The molecule has 0 aliphatic heterocycles. The SMILES string of the molecule is CS(=O)(=O)c1ccccc1S(=O)(=O)COCc1ccc(Cl)cc1. The first-order valence-electron chi connectivity index (χ1n) is 6.54. The van der Waals surface area contributed by atoms with Crippen molar-refractivity contribution >= 4 is 31.3 Å². The zero-order chi connectivity index (χ0) is 17.1. The van der Waals surface area contributed by atoms with Crippen LogP contribution in [0.4, 0.5) is 0 Å². The Labute approximate surface area is 140 Å². The van der Waals surface area contributed by atoms with Crippen molar-refractivity contribution in [3.8, 4) is 0 Å². The van der Waals surface area contributed by atoms with Gasteiger partial charge in [0.2, 0.25) is 9.84 Å². The van der Waals surface area contributed by atoms with Gasteiger partial charge in [-0.15, -0.1) is 0 Å². The lowest BCUT2D eigenvalue weighted by Gasteiger charge is -2.10. The summed E-state index contributed by atoms with van der Waals surface area (Å²) in [4.78, 5) is -0.478. The highest BCUT2D eigenvalue weighted by molar-refractivity contribution is 7.94. The number of hydrogen-bond acceptors (Lipinski definition) is 5. The van der Waals surface area contributed by atoms with Crippen LogP contribution in [-0.2, 0) is 31.0 Å². The third-order valence-corrected chi connectivity index (χ3v) is 6.04. The van der Waals surface area contributed by atoms with E-state index in [0.29, 0.717) is 5.02 Å². The monoisotopic (exact) mass is 374 g/mol. The van der Waals surface area contributed by atoms with Gasteiger partial charge in [0, 0.05) is 11.3 Å². The molecule has 0 atom stereocenters. The van der Waals surface area contributed by atoms with Gasteiger partial charge in [0.25, 0.3) is 0 Å². The lowest BCUT2D eigenvalue weighted by atomic mass is 10.2. The average Bonchev–Trinajstić information content (AvgIpc) is 2.48. The van der Waals surface area contributed by atoms with Crippen molar-refractivity contribution in [2.75, 3.05) is 12.2 Å². The predicted octanol–water partition coefficient (Wildman–Crippen LogP) is 2.69.